The summed E-state index contributed by atoms with van der Waals surface area (Å²) in [6, 6.07) is 7.76. The highest BCUT2D eigenvalue weighted by Crippen LogP contribution is 2.51. The fraction of sp³-hybridized carbons (Fsp3) is 0.455. The molecule has 0 saturated heterocycles. The lowest BCUT2D eigenvalue weighted by molar-refractivity contribution is 0.595. The van der Waals surface area contributed by atoms with Gasteiger partial charge in [0.05, 0.1) is 0 Å². The van der Waals surface area contributed by atoms with Crippen LogP contribution in [-0.4, -0.2) is 6.02 Å². The standard InChI is InChI=1S/C11H13N/c12-11-6-7-5-10(11)9-4-2-1-3-8(7)9/h1-4,7,10-11H,5-6,12H2/i11D. The number of benzene rings is 1. The average Bonchev–Trinajstić information content (AvgIpc) is 2.58. The maximum atomic E-state index is 7.98. The zero-order chi connectivity index (χ0) is 9.05. The molecular weight excluding hydrogens is 146 g/mol. The number of rotatable bonds is 0. The minimum Gasteiger partial charge on any atom is -0.327 e. The van der Waals surface area contributed by atoms with Gasteiger partial charge >= 0.3 is 0 Å². The van der Waals surface area contributed by atoms with Crippen LogP contribution < -0.4 is 5.73 Å². The molecule has 1 saturated carbocycles. The van der Waals surface area contributed by atoms with Crippen molar-refractivity contribution in [2.75, 3.05) is 0 Å². The number of hydrogen-bond acceptors (Lipinski definition) is 1. The molecule has 1 nitrogen and oxygen atoms in total. The van der Waals surface area contributed by atoms with Crippen LogP contribution in [0.25, 0.3) is 0 Å². The van der Waals surface area contributed by atoms with Gasteiger partial charge in [-0.25, -0.2) is 0 Å². The summed E-state index contributed by atoms with van der Waals surface area (Å²) in [6.07, 6.45) is 1.94. The lowest BCUT2D eigenvalue weighted by Gasteiger charge is -2.20. The first kappa shape index (κ1) is 5.76. The second-order valence-corrected chi connectivity index (χ2v) is 3.89. The quantitative estimate of drug-likeness (QED) is 0.617. The van der Waals surface area contributed by atoms with Crippen molar-refractivity contribution in [2.45, 2.75) is 30.7 Å². The van der Waals surface area contributed by atoms with E-state index < -0.39 is 6.02 Å². The molecule has 3 atom stereocenters. The molecule has 1 fully saturated rings. The molecule has 0 amide bonds. The van der Waals surface area contributed by atoms with Crippen LogP contribution in [0.1, 0.15) is 37.2 Å². The first-order valence-corrected chi connectivity index (χ1v) is 4.56. The molecule has 2 aliphatic rings. The Balaban J connectivity index is 2.17. The van der Waals surface area contributed by atoms with Gasteiger partial charge in [0.2, 0.25) is 0 Å². The van der Waals surface area contributed by atoms with Gasteiger partial charge in [0.1, 0.15) is 0 Å². The lowest BCUT2D eigenvalue weighted by Crippen LogP contribution is -2.25. The molecule has 0 spiro atoms. The van der Waals surface area contributed by atoms with E-state index in [0.29, 0.717) is 5.92 Å². The van der Waals surface area contributed by atoms with Crippen molar-refractivity contribution < 1.29 is 1.37 Å². The van der Waals surface area contributed by atoms with E-state index in [2.05, 4.69) is 24.3 Å². The first-order chi connectivity index (χ1) is 6.18. The minimum absolute atomic E-state index is 0.286. The molecule has 2 aliphatic carbocycles. The number of fused-ring (bicyclic) bond motifs is 5. The van der Waals surface area contributed by atoms with Gasteiger partial charge in [0.15, 0.2) is 0 Å². The maximum absolute atomic E-state index is 7.98. The predicted octanol–water partition coefficient (Wildman–Crippen LogP) is 1.99. The summed E-state index contributed by atoms with van der Waals surface area (Å²) in [5.41, 5.74) is 8.72. The van der Waals surface area contributed by atoms with E-state index in [4.69, 9.17) is 7.10 Å². The van der Waals surface area contributed by atoms with E-state index in [1.165, 1.54) is 11.1 Å². The second-order valence-electron chi connectivity index (χ2n) is 3.89. The van der Waals surface area contributed by atoms with E-state index in [-0.39, 0.29) is 5.92 Å². The summed E-state index contributed by atoms with van der Waals surface area (Å²) in [5, 5.41) is 0. The highest BCUT2D eigenvalue weighted by molar-refractivity contribution is 5.42. The molecule has 1 heteroatoms. The van der Waals surface area contributed by atoms with E-state index >= 15 is 0 Å². The monoisotopic (exact) mass is 160 g/mol. The van der Waals surface area contributed by atoms with E-state index in [1.54, 1.807) is 0 Å². The largest absolute Gasteiger partial charge is 0.327 e. The predicted molar refractivity (Wildman–Crippen MR) is 49.1 cm³/mol. The van der Waals surface area contributed by atoms with Crippen LogP contribution in [0.15, 0.2) is 24.3 Å². The fourth-order valence-corrected chi connectivity index (χ4v) is 2.71. The first-order valence-electron chi connectivity index (χ1n) is 5.06. The third-order valence-corrected chi connectivity index (χ3v) is 3.26. The summed E-state index contributed by atoms with van der Waals surface area (Å²) < 4.78 is 7.98. The summed E-state index contributed by atoms with van der Waals surface area (Å²) >= 11 is 0. The van der Waals surface area contributed by atoms with Crippen LogP contribution >= 0.6 is 0 Å². The molecule has 0 radical (unpaired) electrons. The molecule has 1 aromatic carbocycles. The van der Waals surface area contributed by atoms with Crippen molar-refractivity contribution in [1.29, 1.82) is 0 Å². The fourth-order valence-electron chi connectivity index (χ4n) is 2.71. The van der Waals surface area contributed by atoms with Crippen molar-refractivity contribution >= 4 is 0 Å². The molecule has 12 heavy (non-hydrogen) atoms. The smallest absolute Gasteiger partial charge is 0.0469 e. The Bertz CT molecular complexity index is 359. The van der Waals surface area contributed by atoms with Crippen LogP contribution in [0.4, 0.5) is 0 Å². The van der Waals surface area contributed by atoms with Crippen molar-refractivity contribution in [3.05, 3.63) is 35.4 Å². The summed E-state index contributed by atoms with van der Waals surface area (Å²) in [5.74, 6) is 0.845. The summed E-state index contributed by atoms with van der Waals surface area (Å²) in [4.78, 5) is 0. The van der Waals surface area contributed by atoms with Crippen LogP contribution in [0.5, 0.6) is 0 Å². The Kier molecular flexibility index (Phi) is 1.01. The van der Waals surface area contributed by atoms with Crippen LogP contribution in [-0.2, 0) is 0 Å². The Hall–Kier alpha value is -0.820. The maximum Gasteiger partial charge on any atom is 0.0469 e. The van der Waals surface area contributed by atoms with Gasteiger partial charge in [0, 0.05) is 7.39 Å². The van der Waals surface area contributed by atoms with Crippen LogP contribution in [0.2, 0.25) is 0 Å². The molecule has 0 aromatic heterocycles. The van der Waals surface area contributed by atoms with Crippen LogP contribution in [0, 0.1) is 0 Å². The van der Waals surface area contributed by atoms with Gasteiger partial charge in [-0.1, -0.05) is 24.3 Å². The Labute approximate surface area is 74.0 Å². The molecule has 0 aliphatic heterocycles. The molecule has 2 N–H and O–H groups in total. The van der Waals surface area contributed by atoms with Crippen molar-refractivity contribution in [2.24, 2.45) is 5.73 Å². The molecule has 0 heterocycles. The van der Waals surface area contributed by atoms with Gasteiger partial charge in [-0.2, -0.15) is 0 Å². The normalized spacial score (nSPS) is 44.2. The number of hydrogen-bond donors (Lipinski definition) is 1. The third-order valence-electron chi connectivity index (χ3n) is 3.26. The average molecular weight is 160 g/mol. The Morgan fingerprint density at radius 3 is 2.83 bits per heavy atom. The zero-order valence-electron chi connectivity index (χ0n) is 7.96. The van der Waals surface area contributed by atoms with Gasteiger partial charge < -0.3 is 5.73 Å². The van der Waals surface area contributed by atoms with Crippen LogP contribution in [0.3, 0.4) is 0 Å². The van der Waals surface area contributed by atoms with E-state index in [1.807, 2.05) is 0 Å². The van der Waals surface area contributed by atoms with Gasteiger partial charge in [-0.05, 0) is 35.8 Å². The highest BCUT2D eigenvalue weighted by atomic mass is 14.7. The topological polar surface area (TPSA) is 26.0 Å². The van der Waals surface area contributed by atoms with Crippen molar-refractivity contribution in [3.63, 3.8) is 0 Å². The third kappa shape index (κ3) is 0.674. The lowest BCUT2D eigenvalue weighted by atomic mass is 9.89. The van der Waals surface area contributed by atoms with E-state index in [0.717, 1.165) is 12.8 Å². The zero-order valence-corrected chi connectivity index (χ0v) is 6.96. The molecule has 3 unspecified atom stereocenters. The Morgan fingerprint density at radius 1 is 1.25 bits per heavy atom. The molecule has 3 rings (SSSR count). The summed E-state index contributed by atoms with van der Waals surface area (Å²) in [6.45, 7) is 0. The Morgan fingerprint density at radius 2 is 2.00 bits per heavy atom. The molecule has 62 valence electrons. The molecule has 2 bridgehead atoms. The SMILES string of the molecule is [2H]C1(N)CC2CC1c1ccccc12. The molecular formula is C11H13N. The van der Waals surface area contributed by atoms with Gasteiger partial charge in [-0.3, -0.25) is 0 Å². The van der Waals surface area contributed by atoms with Gasteiger partial charge in [-0.15, -0.1) is 0 Å². The molecule has 1 aromatic rings. The number of nitrogens with two attached hydrogens (primary N) is 1. The van der Waals surface area contributed by atoms with Gasteiger partial charge in [0.25, 0.3) is 0 Å². The van der Waals surface area contributed by atoms with Crippen molar-refractivity contribution in [3.8, 4) is 0 Å². The minimum atomic E-state index is -0.695. The highest BCUT2D eigenvalue weighted by Gasteiger charge is 2.41. The van der Waals surface area contributed by atoms with Crippen molar-refractivity contribution in [1.82, 2.24) is 0 Å². The summed E-state index contributed by atoms with van der Waals surface area (Å²) in [7, 11) is 0. The second kappa shape index (κ2) is 2.11. The van der Waals surface area contributed by atoms with E-state index in [9.17, 15) is 0 Å².